The fourth-order valence-electron chi connectivity index (χ4n) is 4.25. The van der Waals surface area contributed by atoms with Gasteiger partial charge < -0.3 is 0 Å². The Morgan fingerprint density at radius 2 is 0.667 bits per heavy atom. The smallest absolute Gasteiger partial charge is 0.0417 e. The topological polar surface area (TPSA) is 0 Å². The van der Waals surface area contributed by atoms with Gasteiger partial charge in [0.05, 0.1) is 0 Å². The molecule has 27 heavy (non-hydrogen) atoms. The largest absolute Gasteiger partial charge is 0.0651 e. The van der Waals surface area contributed by atoms with E-state index in [4.69, 9.17) is 0 Å². The third-order valence-corrected chi connectivity index (χ3v) is 6.30. The van der Waals surface area contributed by atoms with Crippen molar-refractivity contribution in [1.29, 1.82) is 0 Å². The van der Waals surface area contributed by atoms with Crippen LogP contribution in [0.2, 0.25) is 0 Å². The highest BCUT2D eigenvalue weighted by Crippen LogP contribution is 2.22. The SMILES string of the molecule is [CH2]CCCCCCCCCCCC(CC)CCCCCCCCCCC[CH2]. The van der Waals surface area contributed by atoms with Crippen LogP contribution in [0.15, 0.2) is 0 Å². The molecule has 0 bridgehead atoms. The van der Waals surface area contributed by atoms with Gasteiger partial charge in [0.2, 0.25) is 0 Å². The molecule has 0 spiro atoms. The normalized spacial score (nSPS) is 11.6. The zero-order valence-corrected chi connectivity index (χ0v) is 19.3. The molecule has 0 N–H and O–H groups in total. The number of hydrogen-bond acceptors (Lipinski definition) is 0. The highest BCUT2D eigenvalue weighted by molar-refractivity contribution is 4.59. The molecule has 0 nitrogen and oxygen atoms in total. The van der Waals surface area contributed by atoms with Gasteiger partial charge in [-0.3, -0.25) is 0 Å². The van der Waals surface area contributed by atoms with Crippen LogP contribution in [0, 0.1) is 19.8 Å². The van der Waals surface area contributed by atoms with E-state index in [9.17, 15) is 0 Å². The summed E-state index contributed by atoms with van der Waals surface area (Å²) in [6.07, 6.45) is 32.6. The predicted octanol–water partition coefficient (Wildman–Crippen LogP) is 10.3. The van der Waals surface area contributed by atoms with E-state index in [0.29, 0.717) is 0 Å². The van der Waals surface area contributed by atoms with Crippen LogP contribution in [0.1, 0.15) is 155 Å². The van der Waals surface area contributed by atoms with Crippen LogP contribution < -0.4 is 0 Å². The quantitative estimate of drug-likeness (QED) is 0.155. The summed E-state index contributed by atoms with van der Waals surface area (Å²) in [4.78, 5) is 0. The highest BCUT2D eigenvalue weighted by atomic mass is 14.1. The van der Waals surface area contributed by atoms with Gasteiger partial charge in [-0.1, -0.05) is 168 Å². The molecule has 0 unspecified atom stereocenters. The van der Waals surface area contributed by atoms with Crippen molar-refractivity contribution in [1.82, 2.24) is 0 Å². The first kappa shape index (κ1) is 27.0. The molecule has 0 saturated carbocycles. The van der Waals surface area contributed by atoms with Crippen molar-refractivity contribution < 1.29 is 0 Å². The van der Waals surface area contributed by atoms with E-state index in [-0.39, 0.29) is 0 Å². The molecule has 0 rings (SSSR count). The van der Waals surface area contributed by atoms with Gasteiger partial charge in [0.1, 0.15) is 0 Å². The van der Waals surface area contributed by atoms with Crippen LogP contribution in [0.5, 0.6) is 0 Å². The van der Waals surface area contributed by atoms with Crippen molar-refractivity contribution in [3.8, 4) is 0 Å². The molecular weight excluding hydrogens is 324 g/mol. The Morgan fingerprint density at radius 3 is 0.926 bits per heavy atom. The summed E-state index contributed by atoms with van der Waals surface area (Å²) in [5.41, 5.74) is 0. The molecule has 0 saturated heterocycles. The van der Waals surface area contributed by atoms with Crippen LogP contribution in [-0.2, 0) is 0 Å². The van der Waals surface area contributed by atoms with Crippen molar-refractivity contribution in [2.45, 2.75) is 155 Å². The van der Waals surface area contributed by atoms with Crippen LogP contribution in [0.3, 0.4) is 0 Å². The minimum absolute atomic E-state index is 1.01. The molecule has 162 valence electrons. The lowest BCUT2D eigenvalue weighted by atomic mass is 9.92. The summed E-state index contributed by atoms with van der Waals surface area (Å²) >= 11 is 0. The van der Waals surface area contributed by atoms with E-state index >= 15 is 0 Å². The second-order valence-corrected chi connectivity index (χ2v) is 8.92. The van der Waals surface area contributed by atoms with E-state index in [0.717, 1.165) is 18.8 Å². The molecule has 0 heteroatoms. The van der Waals surface area contributed by atoms with E-state index < -0.39 is 0 Å². The van der Waals surface area contributed by atoms with Crippen LogP contribution >= 0.6 is 0 Å². The molecule has 2 radical (unpaired) electrons. The standard InChI is InChI=1S/C27H54/c1-4-7-9-11-13-15-17-19-21-23-25-27(6-3)26-24-22-20-18-16-14-12-10-8-5-2/h27H,1-2,4-26H2,3H3. The monoisotopic (exact) mass is 378 g/mol. The molecule has 0 heterocycles. The van der Waals surface area contributed by atoms with E-state index in [1.54, 1.807) is 0 Å². The van der Waals surface area contributed by atoms with Gasteiger partial charge in [-0.25, -0.2) is 0 Å². The molecule has 0 amide bonds. The molecule has 0 aliphatic rings. The zero-order valence-electron chi connectivity index (χ0n) is 19.3. The summed E-state index contributed by atoms with van der Waals surface area (Å²) in [6, 6.07) is 0. The summed E-state index contributed by atoms with van der Waals surface area (Å²) in [6.45, 7) is 10.2. The maximum Gasteiger partial charge on any atom is -0.0417 e. The lowest BCUT2D eigenvalue weighted by Gasteiger charge is -2.14. The fourth-order valence-corrected chi connectivity index (χ4v) is 4.25. The van der Waals surface area contributed by atoms with Crippen LogP contribution in [0.25, 0.3) is 0 Å². The Morgan fingerprint density at radius 1 is 0.407 bits per heavy atom. The van der Waals surface area contributed by atoms with Gasteiger partial charge >= 0.3 is 0 Å². The summed E-state index contributed by atoms with van der Waals surface area (Å²) in [7, 11) is 0. The van der Waals surface area contributed by atoms with Crippen molar-refractivity contribution in [3.63, 3.8) is 0 Å². The Bertz CT molecular complexity index is 220. The molecule has 0 aliphatic heterocycles. The van der Waals surface area contributed by atoms with Gasteiger partial charge in [-0.2, -0.15) is 0 Å². The van der Waals surface area contributed by atoms with E-state index in [1.807, 2.05) is 0 Å². The van der Waals surface area contributed by atoms with E-state index in [2.05, 4.69) is 20.8 Å². The maximum absolute atomic E-state index is 3.92. The number of hydrogen-bond donors (Lipinski definition) is 0. The highest BCUT2D eigenvalue weighted by Gasteiger charge is 2.06. The lowest BCUT2D eigenvalue weighted by molar-refractivity contribution is 0.392. The van der Waals surface area contributed by atoms with Gasteiger partial charge in [-0.15, -0.1) is 0 Å². The minimum Gasteiger partial charge on any atom is -0.0651 e. The first-order valence-electron chi connectivity index (χ1n) is 12.9. The van der Waals surface area contributed by atoms with Gasteiger partial charge in [0, 0.05) is 0 Å². The Kier molecular flexibility index (Phi) is 24.0. The average molecular weight is 379 g/mol. The van der Waals surface area contributed by atoms with Crippen LogP contribution in [0.4, 0.5) is 0 Å². The summed E-state index contributed by atoms with van der Waals surface area (Å²) < 4.78 is 0. The second-order valence-electron chi connectivity index (χ2n) is 8.92. The van der Waals surface area contributed by atoms with Crippen molar-refractivity contribution in [3.05, 3.63) is 13.8 Å². The first-order valence-corrected chi connectivity index (χ1v) is 12.9. The van der Waals surface area contributed by atoms with Gasteiger partial charge in [-0.05, 0) is 5.92 Å². The number of rotatable bonds is 23. The van der Waals surface area contributed by atoms with Crippen molar-refractivity contribution in [2.24, 2.45) is 5.92 Å². The molecular formula is C27H54. The van der Waals surface area contributed by atoms with Crippen LogP contribution in [-0.4, -0.2) is 0 Å². The van der Waals surface area contributed by atoms with Crippen molar-refractivity contribution in [2.75, 3.05) is 0 Å². The Labute approximate surface area is 174 Å². The molecule has 0 aromatic carbocycles. The van der Waals surface area contributed by atoms with Gasteiger partial charge in [0.15, 0.2) is 0 Å². The third kappa shape index (κ3) is 22.2. The Balaban J connectivity index is 3.28. The second kappa shape index (κ2) is 24.0. The van der Waals surface area contributed by atoms with E-state index in [1.165, 1.54) is 135 Å². The molecule has 0 atom stereocenters. The average Bonchev–Trinajstić information content (AvgIpc) is 2.69. The summed E-state index contributed by atoms with van der Waals surface area (Å²) in [5, 5.41) is 0. The van der Waals surface area contributed by atoms with Crippen molar-refractivity contribution >= 4 is 0 Å². The molecule has 0 aliphatic carbocycles. The third-order valence-electron chi connectivity index (χ3n) is 6.30. The molecule has 0 aromatic heterocycles. The van der Waals surface area contributed by atoms with Gasteiger partial charge in [0.25, 0.3) is 0 Å². The first-order chi connectivity index (χ1) is 13.3. The fraction of sp³-hybridized carbons (Fsp3) is 0.926. The molecule has 0 fully saturated rings. The molecule has 0 aromatic rings. The number of unbranched alkanes of at least 4 members (excludes halogenated alkanes) is 18. The predicted molar refractivity (Wildman–Crippen MR) is 126 cm³/mol. The minimum atomic E-state index is 1.01. The lowest BCUT2D eigenvalue weighted by Crippen LogP contribution is -1.99. The Hall–Kier alpha value is 0. The zero-order chi connectivity index (χ0) is 19.8. The summed E-state index contributed by atoms with van der Waals surface area (Å²) in [5.74, 6) is 1.01. The maximum atomic E-state index is 3.92.